The third-order valence-corrected chi connectivity index (χ3v) is 8.56. The highest BCUT2D eigenvalue weighted by atomic mass is 35.5. The summed E-state index contributed by atoms with van der Waals surface area (Å²) in [4.78, 5) is 18.7. The maximum absolute atomic E-state index is 11.5. The van der Waals surface area contributed by atoms with Crippen molar-refractivity contribution in [3.8, 4) is 11.5 Å². The summed E-state index contributed by atoms with van der Waals surface area (Å²) in [7, 11) is 0. The van der Waals surface area contributed by atoms with E-state index in [0.29, 0.717) is 19.0 Å². The quantitative estimate of drug-likeness (QED) is 0.415. The summed E-state index contributed by atoms with van der Waals surface area (Å²) in [6, 6.07) is 12.0. The molecule has 0 saturated carbocycles. The monoisotopic (exact) mass is 546 g/mol. The zero-order chi connectivity index (χ0) is 27.0. The highest BCUT2D eigenvalue weighted by Gasteiger charge is 2.42. The van der Waals surface area contributed by atoms with Gasteiger partial charge in [-0.1, -0.05) is 29.8 Å². The number of likely N-dealkylation sites (tertiary alicyclic amines) is 1. The van der Waals surface area contributed by atoms with Gasteiger partial charge in [-0.05, 0) is 86.2 Å². The smallest absolute Gasteiger partial charge is 0.162 e. The molecule has 0 radical (unpaired) electrons. The average Bonchev–Trinajstić information content (AvgIpc) is 3.19. The van der Waals surface area contributed by atoms with Crippen LogP contribution in [0.5, 0.6) is 11.5 Å². The Hall–Kier alpha value is -2.93. The third kappa shape index (κ3) is 5.30. The molecule has 2 atom stereocenters. The minimum Gasteiger partial charge on any atom is -0.491 e. The van der Waals surface area contributed by atoms with E-state index in [-0.39, 0.29) is 17.6 Å². The van der Waals surface area contributed by atoms with Crippen molar-refractivity contribution in [2.24, 2.45) is 10.9 Å². The van der Waals surface area contributed by atoms with E-state index in [9.17, 15) is 4.79 Å². The van der Waals surface area contributed by atoms with Crippen molar-refractivity contribution >= 4 is 29.7 Å². The molecule has 0 N–H and O–H groups in total. The van der Waals surface area contributed by atoms with Crippen molar-refractivity contribution < 1.29 is 19.0 Å². The largest absolute Gasteiger partial charge is 0.491 e. The van der Waals surface area contributed by atoms with E-state index >= 15 is 0 Å². The molecule has 39 heavy (non-hydrogen) atoms. The minimum atomic E-state index is -0.900. The van der Waals surface area contributed by atoms with E-state index in [4.69, 9.17) is 30.8 Å². The molecular weight excluding hydrogens is 512 g/mol. The highest BCUT2D eigenvalue weighted by Crippen LogP contribution is 2.45. The van der Waals surface area contributed by atoms with Crippen LogP contribution < -0.4 is 9.47 Å². The van der Waals surface area contributed by atoms with Gasteiger partial charge in [0.25, 0.3) is 0 Å². The molecule has 7 heteroatoms. The van der Waals surface area contributed by atoms with Gasteiger partial charge in [-0.3, -0.25) is 9.79 Å². The van der Waals surface area contributed by atoms with E-state index in [1.807, 2.05) is 42.6 Å². The number of hydrogen-bond donors (Lipinski definition) is 0. The summed E-state index contributed by atoms with van der Waals surface area (Å²) in [5, 5.41) is 0.775. The number of aldehydes is 1. The van der Waals surface area contributed by atoms with Crippen molar-refractivity contribution in [3.63, 3.8) is 0 Å². The highest BCUT2D eigenvalue weighted by molar-refractivity contribution is 6.30. The summed E-state index contributed by atoms with van der Waals surface area (Å²) in [5.41, 5.74) is 3.69. The van der Waals surface area contributed by atoms with Crippen molar-refractivity contribution in [1.29, 1.82) is 0 Å². The Morgan fingerprint density at radius 1 is 1.21 bits per heavy atom. The maximum Gasteiger partial charge on any atom is 0.162 e. The number of ether oxygens (including phenoxy) is 3. The molecule has 2 aromatic carbocycles. The number of nitrogens with zero attached hydrogens (tertiary/aromatic N) is 2. The molecule has 6 rings (SSSR count). The number of rotatable bonds is 6. The van der Waals surface area contributed by atoms with Gasteiger partial charge in [-0.15, -0.1) is 0 Å². The predicted octanol–water partition coefficient (Wildman–Crippen LogP) is 6.01. The molecular formula is C32H35ClN2O4. The number of piperidine rings is 1. The summed E-state index contributed by atoms with van der Waals surface area (Å²) in [6.45, 7) is 7.68. The van der Waals surface area contributed by atoms with Crippen LogP contribution in [0, 0.1) is 5.92 Å². The number of fused-ring (bicyclic) bond motifs is 4. The average molecular weight is 547 g/mol. The van der Waals surface area contributed by atoms with Crippen molar-refractivity contribution in [2.45, 2.75) is 57.0 Å². The van der Waals surface area contributed by atoms with E-state index in [1.54, 1.807) is 13.8 Å². The zero-order valence-electron chi connectivity index (χ0n) is 22.6. The molecule has 0 bridgehead atoms. The molecule has 4 aliphatic rings. The number of hydrogen-bond acceptors (Lipinski definition) is 6. The second-order valence-corrected chi connectivity index (χ2v) is 11.9. The Labute approximate surface area is 235 Å². The summed E-state index contributed by atoms with van der Waals surface area (Å²) in [5.74, 6) is 1.61. The third-order valence-electron chi connectivity index (χ3n) is 8.33. The first-order chi connectivity index (χ1) is 18.9. The Balaban J connectivity index is 1.19. The molecule has 4 aliphatic heterocycles. The van der Waals surface area contributed by atoms with Gasteiger partial charge in [0.05, 0.1) is 18.2 Å². The molecule has 1 fully saturated rings. The van der Waals surface area contributed by atoms with Crippen molar-refractivity contribution in [3.05, 3.63) is 76.3 Å². The fraction of sp³-hybridized carbons (Fsp3) is 0.438. The lowest BCUT2D eigenvalue weighted by Gasteiger charge is -2.39. The topological polar surface area (TPSA) is 60.4 Å². The first-order valence-electron chi connectivity index (χ1n) is 13.8. The molecule has 204 valence electrons. The lowest BCUT2D eigenvalue weighted by atomic mass is 9.83. The lowest BCUT2D eigenvalue weighted by Crippen LogP contribution is -2.42. The second kappa shape index (κ2) is 10.6. The van der Waals surface area contributed by atoms with Crippen molar-refractivity contribution in [2.75, 3.05) is 26.2 Å². The van der Waals surface area contributed by atoms with Crippen molar-refractivity contribution in [1.82, 2.24) is 4.90 Å². The van der Waals surface area contributed by atoms with Gasteiger partial charge in [-0.2, -0.15) is 0 Å². The summed E-state index contributed by atoms with van der Waals surface area (Å²) in [6.07, 6.45) is 12.2. The van der Waals surface area contributed by atoms with Gasteiger partial charge in [0.2, 0.25) is 0 Å². The summed E-state index contributed by atoms with van der Waals surface area (Å²) >= 11 is 6.21. The van der Waals surface area contributed by atoms with Gasteiger partial charge >= 0.3 is 0 Å². The number of aliphatic imine (C=N–C) groups is 1. The minimum absolute atomic E-state index is 0.0346. The molecule has 1 saturated heterocycles. The molecule has 2 aromatic rings. The number of dihydropyridines is 1. The van der Waals surface area contributed by atoms with Gasteiger partial charge in [0.1, 0.15) is 18.1 Å². The lowest BCUT2D eigenvalue weighted by molar-refractivity contribution is -0.119. The van der Waals surface area contributed by atoms with E-state index in [2.05, 4.69) is 23.1 Å². The maximum atomic E-state index is 11.5. The van der Waals surface area contributed by atoms with Crippen LogP contribution in [0.3, 0.4) is 0 Å². The summed E-state index contributed by atoms with van der Waals surface area (Å²) < 4.78 is 18.5. The zero-order valence-corrected chi connectivity index (χ0v) is 23.3. The van der Waals surface area contributed by atoms with Crippen LogP contribution in [0.25, 0.3) is 5.57 Å². The first-order valence-corrected chi connectivity index (χ1v) is 14.2. The van der Waals surface area contributed by atoms with Crippen LogP contribution in [0.1, 0.15) is 49.8 Å². The van der Waals surface area contributed by atoms with Gasteiger partial charge in [0, 0.05) is 42.4 Å². The molecule has 0 amide bonds. The Morgan fingerprint density at radius 3 is 2.87 bits per heavy atom. The Bertz CT molecular complexity index is 1340. The fourth-order valence-electron chi connectivity index (χ4n) is 6.23. The van der Waals surface area contributed by atoms with Crippen LogP contribution in [0.2, 0.25) is 5.02 Å². The normalized spacial score (nSPS) is 24.5. The standard InChI is InChI=1S/C32H35ClN2O4/c1-31(2,21-36)39-24-8-10-30-27(18-24)25(26-5-3-13-34-29(26)20-37-30)6-4-14-35-15-11-32(12-16-35)28-9-7-23(33)17-22(28)19-38-32/h3,5-10,13,17-18,21,26,29H,4,11-12,14-16,19-20H2,1-2H3/t26-,29?/m0/s1. The Morgan fingerprint density at radius 2 is 2.05 bits per heavy atom. The van der Waals surface area contributed by atoms with E-state index < -0.39 is 5.60 Å². The van der Waals surface area contributed by atoms with Gasteiger partial charge in [0.15, 0.2) is 11.9 Å². The van der Waals surface area contributed by atoms with E-state index in [1.165, 1.54) is 16.7 Å². The van der Waals surface area contributed by atoms with Gasteiger partial charge < -0.3 is 19.1 Å². The fourth-order valence-corrected chi connectivity index (χ4v) is 6.43. The number of halogens is 1. The molecule has 4 heterocycles. The Kier molecular flexibility index (Phi) is 7.13. The molecule has 6 nitrogen and oxygen atoms in total. The van der Waals surface area contributed by atoms with E-state index in [0.717, 1.165) is 61.5 Å². The second-order valence-electron chi connectivity index (χ2n) is 11.4. The predicted molar refractivity (Wildman–Crippen MR) is 154 cm³/mol. The van der Waals surface area contributed by atoms with Crippen LogP contribution >= 0.6 is 11.6 Å². The number of carbonyl (C=O) groups is 1. The molecule has 0 aliphatic carbocycles. The number of allylic oxidation sites excluding steroid dienone is 1. The van der Waals surface area contributed by atoms with Crippen LogP contribution in [0.4, 0.5) is 0 Å². The van der Waals surface area contributed by atoms with Crippen LogP contribution in [-0.2, 0) is 21.7 Å². The van der Waals surface area contributed by atoms with Crippen LogP contribution in [0.15, 0.2) is 59.6 Å². The number of benzene rings is 2. The molecule has 0 aromatic heterocycles. The van der Waals surface area contributed by atoms with Gasteiger partial charge in [-0.25, -0.2) is 0 Å². The first kappa shape index (κ1) is 26.3. The molecule has 1 spiro atoms. The SMILES string of the molecule is CC(C)(C=O)Oc1ccc2c(c1)C(=CCCN1CCC3(CC1)OCc1cc(Cl)ccc13)[C@@H]1C=CC=NC1CO2. The number of carbonyl (C=O) groups excluding carboxylic acids is 1. The molecule has 1 unspecified atom stereocenters. The van der Waals surface area contributed by atoms with Crippen LogP contribution in [-0.4, -0.2) is 55.3 Å².